The second-order valence-electron chi connectivity index (χ2n) is 5.50. The first kappa shape index (κ1) is 14.3. The summed E-state index contributed by atoms with van der Waals surface area (Å²) in [4.78, 5) is 2.03. The fraction of sp³-hybridized carbons (Fsp3) is 0.846. The van der Waals surface area contributed by atoms with Gasteiger partial charge in [0, 0.05) is 12.6 Å². The minimum absolute atomic E-state index is 0.111. The Morgan fingerprint density at radius 2 is 2.21 bits per heavy atom. The molecular formula is C13H24N4O2. The summed E-state index contributed by atoms with van der Waals surface area (Å²) in [6, 6.07) is 0.990. The van der Waals surface area contributed by atoms with Gasteiger partial charge < -0.3 is 19.7 Å². The maximum absolute atomic E-state index is 9.13. The SMILES string of the molecule is CC(C)CNCc1nnc(N(CCO)C2CCC2)o1. The van der Waals surface area contributed by atoms with Crippen molar-refractivity contribution in [2.45, 2.75) is 45.7 Å². The van der Waals surface area contributed by atoms with Crippen molar-refractivity contribution in [1.29, 1.82) is 0 Å². The molecule has 0 amide bonds. The number of hydrogen-bond donors (Lipinski definition) is 2. The largest absolute Gasteiger partial charge is 0.407 e. The number of aliphatic hydroxyl groups excluding tert-OH is 1. The van der Waals surface area contributed by atoms with E-state index < -0.39 is 0 Å². The van der Waals surface area contributed by atoms with Gasteiger partial charge in [-0.25, -0.2) is 0 Å². The van der Waals surface area contributed by atoms with Crippen LogP contribution in [-0.4, -0.2) is 41.0 Å². The fourth-order valence-electron chi connectivity index (χ4n) is 2.14. The van der Waals surface area contributed by atoms with Gasteiger partial charge in [-0.05, 0) is 31.7 Å². The Labute approximate surface area is 114 Å². The van der Waals surface area contributed by atoms with Crippen molar-refractivity contribution in [3.05, 3.63) is 5.89 Å². The van der Waals surface area contributed by atoms with Gasteiger partial charge in [0.05, 0.1) is 13.2 Å². The molecule has 0 atom stereocenters. The Bertz CT molecular complexity index is 376. The Hall–Kier alpha value is -1.14. The van der Waals surface area contributed by atoms with Crippen molar-refractivity contribution < 1.29 is 9.52 Å². The molecule has 1 fully saturated rings. The number of nitrogens with one attached hydrogen (secondary N) is 1. The van der Waals surface area contributed by atoms with Crippen molar-refractivity contribution in [3.63, 3.8) is 0 Å². The Morgan fingerprint density at radius 3 is 2.79 bits per heavy atom. The van der Waals surface area contributed by atoms with Crippen LogP contribution in [0.4, 0.5) is 6.01 Å². The third-order valence-electron chi connectivity index (χ3n) is 3.39. The molecule has 6 nitrogen and oxygen atoms in total. The van der Waals surface area contributed by atoms with E-state index in [1.165, 1.54) is 6.42 Å². The highest BCUT2D eigenvalue weighted by Crippen LogP contribution is 2.28. The molecule has 6 heteroatoms. The molecular weight excluding hydrogens is 244 g/mol. The van der Waals surface area contributed by atoms with Gasteiger partial charge in [-0.3, -0.25) is 0 Å². The molecule has 1 aliphatic carbocycles. The van der Waals surface area contributed by atoms with Crippen LogP contribution in [0.5, 0.6) is 0 Å². The standard InChI is InChI=1S/C13H24N4O2/c1-10(2)8-14-9-12-15-16-13(19-12)17(6-7-18)11-4-3-5-11/h10-11,14,18H,3-9H2,1-2H3. The van der Waals surface area contributed by atoms with E-state index in [1.54, 1.807) is 0 Å². The van der Waals surface area contributed by atoms with E-state index in [-0.39, 0.29) is 6.61 Å². The van der Waals surface area contributed by atoms with Gasteiger partial charge in [0.15, 0.2) is 0 Å². The maximum Gasteiger partial charge on any atom is 0.318 e. The highest BCUT2D eigenvalue weighted by molar-refractivity contribution is 5.27. The molecule has 1 saturated carbocycles. The van der Waals surface area contributed by atoms with E-state index in [2.05, 4.69) is 29.4 Å². The lowest BCUT2D eigenvalue weighted by Gasteiger charge is -2.35. The molecule has 19 heavy (non-hydrogen) atoms. The number of rotatable bonds is 8. The highest BCUT2D eigenvalue weighted by atomic mass is 16.4. The van der Waals surface area contributed by atoms with Crippen LogP contribution in [0, 0.1) is 5.92 Å². The number of aromatic nitrogens is 2. The Balaban J connectivity index is 1.90. The first-order valence-electron chi connectivity index (χ1n) is 7.11. The topological polar surface area (TPSA) is 74.4 Å². The van der Waals surface area contributed by atoms with Gasteiger partial charge >= 0.3 is 6.01 Å². The van der Waals surface area contributed by atoms with Crippen molar-refractivity contribution in [3.8, 4) is 0 Å². The number of anilines is 1. The maximum atomic E-state index is 9.13. The molecule has 0 spiro atoms. The Morgan fingerprint density at radius 1 is 1.42 bits per heavy atom. The predicted molar refractivity (Wildman–Crippen MR) is 72.9 cm³/mol. The van der Waals surface area contributed by atoms with Crippen LogP contribution in [0.25, 0.3) is 0 Å². The third kappa shape index (κ3) is 3.91. The second kappa shape index (κ2) is 6.86. The lowest BCUT2D eigenvalue weighted by Crippen LogP contribution is -2.42. The van der Waals surface area contributed by atoms with Crippen molar-refractivity contribution in [2.75, 3.05) is 24.6 Å². The lowest BCUT2D eigenvalue weighted by atomic mass is 9.92. The fourth-order valence-corrected chi connectivity index (χ4v) is 2.14. The summed E-state index contributed by atoms with van der Waals surface area (Å²) in [6.07, 6.45) is 3.52. The minimum atomic E-state index is 0.111. The van der Waals surface area contributed by atoms with Gasteiger partial charge in [-0.1, -0.05) is 18.9 Å². The zero-order valence-electron chi connectivity index (χ0n) is 11.8. The predicted octanol–water partition coefficient (Wildman–Crippen LogP) is 1.17. The summed E-state index contributed by atoms with van der Waals surface area (Å²) in [5.41, 5.74) is 0. The van der Waals surface area contributed by atoms with Crippen molar-refractivity contribution in [1.82, 2.24) is 15.5 Å². The molecule has 0 aromatic carbocycles. The van der Waals surface area contributed by atoms with Crippen LogP contribution in [0.2, 0.25) is 0 Å². The molecule has 0 saturated heterocycles. The summed E-state index contributed by atoms with van der Waals surface area (Å²) in [7, 11) is 0. The zero-order valence-corrected chi connectivity index (χ0v) is 11.8. The van der Waals surface area contributed by atoms with E-state index in [9.17, 15) is 0 Å². The van der Waals surface area contributed by atoms with Crippen LogP contribution >= 0.6 is 0 Å². The van der Waals surface area contributed by atoms with E-state index in [0.717, 1.165) is 19.4 Å². The number of nitrogens with zero attached hydrogens (tertiary/aromatic N) is 3. The van der Waals surface area contributed by atoms with Gasteiger partial charge in [0.25, 0.3) is 0 Å². The zero-order chi connectivity index (χ0) is 13.7. The monoisotopic (exact) mass is 268 g/mol. The average molecular weight is 268 g/mol. The normalized spacial score (nSPS) is 15.8. The van der Waals surface area contributed by atoms with E-state index in [1.807, 2.05) is 4.90 Å². The molecule has 1 aromatic heterocycles. The first-order chi connectivity index (χ1) is 9.20. The molecule has 2 rings (SSSR count). The van der Waals surface area contributed by atoms with Gasteiger partial charge in [0.2, 0.25) is 5.89 Å². The van der Waals surface area contributed by atoms with Gasteiger partial charge in [0.1, 0.15) is 0 Å². The van der Waals surface area contributed by atoms with Crippen LogP contribution in [0.3, 0.4) is 0 Å². The summed E-state index contributed by atoms with van der Waals surface area (Å²) in [6.45, 7) is 6.52. The quantitative estimate of drug-likeness (QED) is 0.737. The summed E-state index contributed by atoms with van der Waals surface area (Å²) in [5, 5.41) is 20.6. The van der Waals surface area contributed by atoms with E-state index in [4.69, 9.17) is 9.52 Å². The molecule has 0 bridgehead atoms. The lowest BCUT2D eigenvalue weighted by molar-refractivity contribution is 0.275. The van der Waals surface area contributed by atoms with Crippen molar-refractivity contribution >= 4 is 6.01 Å². The summed E-state index contributed by atoms with van der Waals surface area (Å²) in [5.74, 6) is 1.21. The number of hydrogen-bond acceptors (Lipinski definition) is 6. The van der Waals surface area contributed by atoms with Crippen LogP contribution in [-0.2, 0) is 6.54 Å². The second-order valence-corrected chi connectivity index (χ2v) is 5.50. The summed E-state index contributed by atoms with van der Waals surface area (Å²) >= 11 is 0. The highest BCUT2D eigenvalue weighted by Gasteiger charge is 2.28. The smallest absolute Gasteiger partial charge is 0.318 e. The molecule has 0 unspecified atom stereocenters. The molecule has 2 N–H and O–H groups in total. The molecule has 0 radical (unpaired) electrons. The van der Waals surface area contributed by atoms with Crippen molar-refractivity contribution in [2.24, 2.45) is 5.92 Å². The van der Waals surface area contributed by atoms with Crippen LogP contribution < -0.4 is 10.2 Å². The molecule has 108 valence electrons. The van der Waals surface area contributed by atoms with Crippen LogP contribution in [0.15, 0.2) is 4.42 Å². The van der Waals surface area contributed by atoms with Crippen LogP contribution in [0.1, 0.15) is 39.0 Å². The van der Waals surface area contributed by atoms with Gasteiger partial charge in [-0.2, -0.15) is 0 Å². The average Bonchev–Trinajstić information content (AvgIpc) is 2.74. The first-order valence-corrected chi connectivity index (χ1v) is 7.11. The third-order valence-corrected chi connectivity index (χ3v) is 3.39. The Kier molecular flexibility index (Phi) is 5.15. The summed E-state index contributed by atoms with van der Waals surface area (Å²) < 4.78 is 5.67. The van der Waals surface area contributed by atoms with Gasteiger partial charge in [-0.15, -0.1) is 5.10 Å². The molecule has 1 heterocycles. The minimum Gasteiger partial charge on any atom is -0.407 e. The molecule has 1 aliphatic rings. The molecule has 1 aromatic rings. The van der Waals surface area contributed by atoms with E-state index in [0.29, 0.717) is 37.0 Å². The molecule has 0 aliphatic heterocycles. The number of aliphatic hydroxyl groups is 1. The van der Waals surface area contributed by atoms with E-state index >= 15 is 0 Å².